The lowest BCUT2D eigenvalue weighted by molar-refractivity contribution is -0.137. The van der Waals surface area contributed by atoms with Gasteiger partial charge in [-0.3, -0.25) is 14.8 Å². The lowest BCUT2D eigenvalue weighted by Crippen LogP contribution is -2.17. The van der Waals surface area contributed by atoms with Gasteiger partial charge in [-0.1, -0.05) is 48.5 Å². The number of nitrogens with two attached hydrogens (primary N) is 1. The molecule has 3 rings (SSSR count). The Morgan fingerprint density at radius 1 is 1.04 bits per heavy atom. The molecule has 0 spiro atoms. The highest BCUT2D eigenvalue weighted by Crippen LogP contribution is 2.24. The first-order valence-electron chi connectivity index (χ1n) is 8.00. The lowest BCUT2D eigenvalue weighted by atomic mass is 10.0. The number of nitrogens with one attached hydrogen (secondary N) is 2. The molecule has 7 heteroatoms. The summed E-state index contributed by atoms with van der Waals surface area (Å²) in [6, 6.07) is 15.0. The van der Waals surface area contributed by atoms with Crippen LogP contribution < -0.4 is 11.4 Å². The molecule has 0 fully saturated rings. The van der Waals surface area contributed by atoms with E-state index >= 15 is 0 Å². The van der Waals surface area contributed by atoms with Crippen molar-refractivity contribution in [2.45, 2.75) is 13.0 Å². The van der Waals surface area contributed by atoms with Crippen LogP contribution in [0.4, 0.5) is 0 Å². The van der Waals surface area contributed by atoms with Crippen LogP contribution in [0.5, 0.6) is 0 Å². The topological polar surface area (TPSA) is 125 Å². The summed E-state index contributed by atoms with van der Waals surface area (Å²) < 4.78 is 1.36. The number of H-pyrrole nitrogens is 1. The highest BCUT2D eigenvalue weighted by atomic mass is 16.4. The molecule has 0 aliphatic heterocycles. The number of hydrogen-bond acceptors (Lipinski definition) is 3. The van der Waals surface area contributed by atoms with E-state index in [1.54, 1.807) is 18.3 Å². The maximum atomic E-state index is 11.9. The molecule has 0 aliphatic rings. The number of aliphatic carboxylic acids is 1. The van der Waals surface area contributed by atoms with Crippen LogP contribution in [0.25, 0.3) is 22.4 Å². The van der Waals surface area contributed by atoms with E-state index in [-0.39, 0.29) is 24.5 Å². The first-order chi connectivity index (χ1) is 12.4. The Balaban J connectivity index is 1.81. The molecule has 0 aliphatic carbocycles. The lowest BCUT2D eigenvalue weighted by Gasteiger charge is -2.05. The largest absolute Gasteiger partial charge is 0.481 e. The predicted octanol–water partition coefficient (Wildman–Crippen LogP) is 2.27. The molecule has 0 saturated heterocycles. The summed E-state index contributed by atoms with van der Waals surface area (Å²) in [7, 11) is 0. The molecule has 26 heavy (non-hydrogen) atoms. The third-order valence-corrected chi connectivity index (χ3v) is 4.08. The number of hydrogen-bond donors (Lipinski definition) is 4. The number of nitrogens with zero attached hydrogens (tertiary/aromatic N) is 1. The fourth-order valence-electron chi connectivity index (χ4n) is 2.65. The first kappa shape index (κ1) is 17.2. The summed E-state index contributed by atoms with van der Waals surface area (Å²) in [5, 5.41) is 16.2. The molecule has 2 aromatic carbocycles. The van der Waals surface area contributed by atoms with Gasteiger partial charge in [0.1, 0.15) is 5.84 Å². The molecule has 0 radical (unpaired) electrons. The summed E-state index contributed by atoms with van der Waals surface area (Å²) >= 11 is 0. The second-order valence-corrected chi connectivity index (χ2v) is 5.88. The highest BCUT2D eigenvalue weighted by Gasteiger charge is 2.07. The zero-order valence-electron chi connectivity index (χ0n) is 13.9. The average molecular weight is 350 g/mol. The molecular formula is C19H18N4O3. The number of rotatable bonds is 6. The maximum Gasteiger partial charge on any atom is 0.325 e. The minimum atomic E-state index is -0.945. The second-order valence-electron chi connectivity index (χ2n) is 5.88. The van der Waals surface area contributed by atoms with Crippen molar-refractivity contribution in [2.75, 3.05) is 0 Å². The second kappa shape index (κ2) is 7.10. The van der Waals surface area contributed by atoms with E-state index in [1.807, 2.05) is 36.4 Å². The van der Waals surface area contributed by atoms with Crippen LogP contribution >= 0.6 is 0 Å². The molecule has 0 atom stereocenters. The van der Waals surface area contributed by atoms with Gasteiger partial charge in [0, 0.05) is 18.3 Å². The van der Waals surface area contributed by atoms with E-state index in [4.69, 9.17) is 16.2 Å². The Labute approximate surface area is 149 Å². The van der Waals surface area contributed by atoms with Crippen molar-refractivity contribution in [3.05, 3.63) is 70.8 Å². The first-order valence-corrected chi connectivity index (χ1v) is 8.00. The van der Waals surface area contributed by atoms with Gasteiger partial charge in [0.2, 0.25) is 0 Å². The van der Waals surface area contributed by atoms with Crippen molar-refractivity contribution in [1.82, 2.24) is 9.55 Å². The maximum absolute atomic E-state index is 11.9. The number of nitrogen functional groups attached to an aromatic ring is 1. The van der Waals surface area contributed by atoms with Gasteiger partial charge in [-0.15, -0.1) is 0 Å². The number of aromatic amines is 1. The van der Waals surface area contributed by atoms with Gasteiger partial charge in [0.25, 0.3) is 0 Å². The van der Waals surface area contributed by atoms with Crippen LogP contribution in [-0.4, -0.2) is 26.5 Å². The summed E-state index contributed by atoms with van der Waals surface area (Å²) in [5.41, 5.74) is 9.26. The Hall–Kier alpha value is -3.61. The number of aromatic nitrogens is 2. The summed E-state index contributed by atoms with van der Waals surface area (Å²) in [6.07, 6.45) is 1.52. The van der Waals surface area contributed by atoms with Gasteiger partial charge in [-0.25, -0.2) is 4.79 Å². The molecule has 0 saturated carbocycles. The Morgan fingerprint density at radius 2 is 1.58 bits per heavy atom. The Morgan fingerprint density at radius 3 is 2.12 bits per heavy atom. The standard InChI is InChI=1S/C19H18N4O3/c20-18(21)15-7-3-13(4-8-15)12-1-5-14(6-2-12)16-11-23(19(26)22-16)10-9-17(24)25/h1-8,11H,9-10H2,(H3,20,21)(H,22,26)(H,24,25). The normalized spacial score (nSPS) is 10.6. The van der Waals surface area contributed by atoms with Crippen molar-refractivity contribution in [3.8, 4) is 22.4 Å². The predicted molar refractivity (Wildman–Crippen MR) is 99.2 cm³/mol. The van der Waals surface area contributed by atoms with E-state index in [0.717, 1.165) is 16.7 Å². The van der Waals surface area contributed by atoms with Crippen molar-refractivity contribution < 1.29 is 9.90 Å². The highest BCUT2D eigenvalue weighted by molar-refractivity contribution is 5.95. The van der Waals surface area contributed by atoms with Crippen LogP contribution in [-0.2, 0) is 11.3 Å². The number of imidazole rings is 1. The smallest absolute Gasteiger partial charge is 0.325 e. The molecule has 5 N–H and O–H groups in total. The van der Waals surface area contributed by atoms with Gasteiger partial charge < -0.3 is 15.8 Å². The number of carbonyl (C=O) groups is 1. The minimum Gasteiger partial charge on any atom is -0.481 e. The Kier molecular flexibility index (Phi) is 4.70. The zero-order chi connectivity index (χ0) is 18.7. The molecular weight excluding hydrogens is 332 g/mol. The molecule has 0 bridgehead atoms. The van der Waals surface area contributed by atoms with Gasteiger partial charge in [0.05, 0.1) is 12.1 Å². The van der Waals surface area contributed by atoms with Gasteiger partial charge in [-0.2, -0.15) is 0 Å². The monoisotopic (exact) mass is 350 g/mol. The molecule has 1 aromatic heterocycles. The van der Waals surface area contributed by atoms with E-state index in [0.29, 0.717) is 11.3 Å². The van der Waals surface area contributed by atoms with Crippen molar-refractivity contribution in [1.29, 1.82) is 5.41 Å². The van der Waals surface area contributed by atoms with Crippen LogP contribution in [0.15, 0.2) is 59.5 Å². The number of aryl methyl sites for hydroxylation is 1. The van der Waals surface area contributed by atoms with Crippen LogP contribution in [0.3, 0.4) is 0 Å². The van der Waals surface area contributed by atoms with Crippen molar-refractivity contribution in [2.24, 2.45) is 5.73 Å². The van der Waals surface area contributed by atoms with Gasteiger partial charge >= 0.3 is 11.7 Å². The van der Waals surface area contributed by atoms with Crippen LogP contribution in [0.1, 0.15) is 12.0 Å². The third kappa shape index (κ3) is 3.72. The van der Waals surface area contributed by atoms with Gasteiger partial charge in [-0.05, 0) is 16.7 Å². The third-order valence-electron chi connectivity index (χ3n) is 4.08. The van der Waals surface area contributed by atoms with E-state index in [1.165, 1.54) is 4.57 Å². The van der Waals surface area contributed by atoms with Crippen LogP contribution in [0, 0.1) is 5.41 Å². The number of benzene rings is 2. The fraction of sp³-hybridized carbons (Fsp3) is 0.105. The van der Waals surface area contributed by atoms with E-state index < -0.39 is 5.97 Å². The average Bonchev–Trinajstić information content (AvgIpc) is 3.01. The molecule has 0 unspecified atom stereocenters. The summed E-state index contributed by atoms with van der Waals surface area (Å²) in [6.45, 7) is 0.130. The SMILES string of the molecule is N=C(N)c1ccc(-c2ccc(-c3cn(CCC(=O)O)c(=O)[nH]3)cc2)cc1. The van der Waals surface area contributed by atoms with E-state index in [9.17, 15) is 9.59 Å². The molecule has 3 aromatic rings. The zero-order valence-corrected chi connectivity index (χ0v) is 13.9. The quantitative estimate of drug-likeness (QED) is 0.402. The number of amidine groups is 1. The summed E-state index contributed by atoms with van der Waals surface area (Å²) in [4.78, 5) is 25.3. The Bertz CT molecular complexity index is 999. The van der Waals surface area contributed by atoms with Crippen LogP contribution in [0.2, 0.25) is 0 Å². The number of carboxylic acid groups (broad SMARTS) is 1. The van der Waals surface area contributed by atoms with Crippen molar-refractivity contribution in [3.63, 3.8) is 0 Å². The molecule has 1 heterocycles. The number of carboxylic acids is 1. The van der Waals surface area contributed by atoms with Gasteiger partial charge in [0.15, 0.2) is 0 Å². The summed E-state index contributed by atoms with van der Waals surface area (Å²) in [5.74, 6) is -0.914. The molecule has 132 valence electrons. The molecule has 7 nitrogen and oxygen atoms in total. The van der Waals surface area contributed by atoms with Crippen molar-refractivity contribution >= 4 is 11.8 Å². The fourth-order valence-corrected chi connectivity index (χ4v) is 2.65. The van der Waals surface area contributed by atoms with E-state index in [2.05, 4.69) is 4.98 Å². The minimum absolute atomic E-state index is 0.0308. The molecule has 0 amide bonds.